The number of methoxy groups -OCH3 is 1. The first kappa shape index (κ1) is 22.4. The van der Waals surface area contributed by atoms with E-state index >= 15 is 0 Å². The number of anilines is 2. The molecule has 2 aromatic rings. The minimum atomic E-state index is -3.88. The summed E-state index contributed by atoms with van der Waals surface area (Å²) in [7, 11) is -2.38. The van der Waals surface area contributed by atoms with E-state index in [9.17, 15) is 13.2 Å². The lowest BCUT2D eigenvalue weighted by molar-refractivity contribution is 0.0938. The van der Waals surface area contributed by atoms with E-state index in [1.165, 1.54) is 19.2 Å². The molecule has 1 amide bonds. The van der Waals surface area contributed by atoms with Crippen LogP contribution in [0.5, 0.6) is 5.75 Å². The number of ether oxygens (including phenoxy) is 1. The van der Waals surface area contributed by atoms with E-state index in [2.05, 4.69) is 20.3 Å². The van der Waals surface area contributed by atoms with Crippen LogP contribution in [-0.4, -0.2) is 53.7 Å². The van der Waals surface area contributed by atoms with Crippen molar-refractivity contribution in [3.8, 4) is 5.75 Å². The van der Waals surface area contributed by atoms with Crippen LogP contribution in [0.2, 0.25) is 0 Å². The zero-order valence-corrected chi connectivity index (χ0v) is 19.1. The molecule has 2 aromatic carbocycles. The number of hydrogen-bond acceptors (Lipinski definition) is 6. The van der Waals surface area contributed by atoms with Crippen molar-refractivity contribution in [2.24, 2.45) is 0 Å². The Balaban J connectivity index is 1.65. The largest absolute Gasteiger partial charge is 0.497 e. The van der Waals surface area contributed by atoms with Crippen LogP contribution < -0.4 is 25.0 Å². The second-order valence-corrected chi connectivity index (χ2v) is 9.89. The van der Waals surface area contributed by atoms with Crippen molar-refractivity contribution in [3.05, 3.63) is 48.0 Å². The average molecular weight is 459 g/mol. The number of piperazine rings is 1. The molecule has 0 aromatic heterocycles. The van der Waals surface area contributed by atoms with Gasteiger partial charge in [0.1, 0.15) is 5.75 Å². The number of carbonyl (C=O) groups excluding carboxylic acids is 1. The van der Waals surface area contributed by atoms with E-state index in [4.69, 9.17) is 4.74 Å². The van der Waals surface area contributed by atoms with Crippen LogP contribution in [0, 0.1) is 0 Å². The van der Waals surface area contributed by atoms with Crippen molar-refractivity contribution in [1.82, 2.24) is 10.6 Å². The Labute approximate surface area is 189 Å². The number of nitrogens with zero attached hydrogens (tertiary/aromatic N) is 1. The SMILES string of the molecule is COc1cccc(S(=O)(=O)Nc2cc(C(=O)NC3CCCC3)ccc2N2CCNCC2)c1. The number of sulfonamides is 1. The molecular weight excluding hydrogens is 428 g/mol. The molecule has 4 rings (SSSR count). The highest BCUT2D eigenvalue weighted by Crippen LogP contribution is 2.31. The van der Waals surface area contributed by atoms with Gasteiger partial charge in [-0.2, -0.15) is 0 Å². The summed E-state index contributed by atoms with van der Waals surface area (Å²) in [6.45, 7) is 3.13. The summed E-state index contributed by atoms with van der Waals surface area (Å²) in [6.07, 6.45) is 4.22. The van der Waals surface area contributed by atoms with E-state index in [0.29, 0.717) is 17.0 Å². The Morgan fingerprint density at radius 2 is 1.84 bits per heavy atom. The first-order valence-electron chi connectivity index (χ1n) is 11.0. The molecule has 1 saturated heterocycles. The van der Waals surface area contributed by atoms with Gasteiger partial charge in [0.25, 0.3) is 15.9 Å². The van der Waals surface area contributed by atoms with Gasteiger partial charge in [-0.15, -0.1) is 0 Å². The molecule has 1 heterocycles. The van der Waals surface area contributed by atoms with E-state index in [1.807, 2.05) is 6.07 Å². The van der Waals surface area contributed by atoms with E-state index in [-0.39, 0.29) is 16.8 Å². The van der Waals surface area contributed by atoms with Gasteiger partial charge in [0.2, 0.25) is 0 Å². The highest BCUT2D eigenvalue weighted by atomic mass is 32.2. The number of nitrogens with one attached hydrogen (secondary N) is 3. The molecule has 9 heteroatoms. The third-order valence-electron chi connectivity index (χ3n) is 6.00. The molecule has 1 saturated carbocycles. The lowest BCUT2D eigenvalue weighted by Crippen LogP contribution is -2.43. The molecule has 0 atom stereocenters. The summed E-state index contributed by atoms with van der Waals surface area (Å²) < 4.78 is 34.2. The minimum Gasteiger partial charge on any atom is -0.497 e. The van der Waals surface area contributed by atoms with Gasteiger partial charge in [-0.1, -0.05) is 18.9 Å². The molecule has 0 bridgehead atoms. The van der Waals surface area contributed by atoms with Crippen LogP contribution in [0.4, 0.5) is 11.4 Å². The number of carbonyl (C=O) groups is 1. The van der Waals surface area contributed by atoms with E-state index in [0.717, 1.165) is 57.5 Å². The quantitative estimate of drug-likeness (QED) is 0.590. The van der Waals surface area contributed by atoms with Gasteiger partial charge < -0.3 is 20.3 Å². The summed E-state index contributed by atoms with van der Waals surface area (Å²) in [6, 6.07) is 11.8. The van der Waals surface area contributed by atoms with Crippen molar-refractivity contribution in [3.63, 3.8) is 0 Å². The van der Waals surface area contributed by atoms with Gasteiger partial charge in [-0.3, -0.25) is 9.52 Å². The third-order valence-corrected chi connectivity index (χ3v) is 7.37. The van der Waals surface area contributed by atoms with Gasteiger partial charge in [0, 0.05) is 43.9 Å². The van der Waals surface area contributed by atoms with Crippen molar-refractivity contribution in [2.45, 2.75) is 36.6 Å². The Morgan fingerprint density at radius 3 is 2.56 bits per heavy atom. The van der Waals surface area contributed by atoms with Gasteiger partial charge >= 0.3 is 0 Å². The summed E-state index contributed by atoms with van der Waals surface area (Å²) >= 11 is 0. The zero-order valence-electron chi connectivity index (χ0n) is 18.3. The van der Waals surface area contributed by atoms with Gasteiger partial charge in [-0.05, 0) is 43.2 Å². The van der Waals surface area contributed by atoms with Crippen molar-refractivity contribution >= 4 is 27.3 Å². The maximum atomic E-state index is 13.2. The molecule has 8 nitrogen and oxygen atoms in total. The molecular formula is C23H30N4O4S. The molecule has 0 unspecified atom stereocenters. The Morgan fingerprint density at radius 1 is 1.09 bits per heavy atom. The average Bonchev–Trinajstić information content (AvgIpc) is 3.32. The molecule has 0 radical (unpaired) electrons. The Kier molecular flexibility index (Phi) is 6.86. The Bertz CT molecular complexity index is 1060. The second-order valence-electron chi connectivity index (χ2n) is 8.21. The number of rotatable bonds is 7. The fraction of sp³-hybridized carbons (Fsp3) is 0.435. The van der Waals surface area contributed by atoms with Crippen LogP contribution in [0.25, 0.3) is 0 Å². The monoisotopic (exact) mass is 458 g/mol. The highest BCUT2D eigenvalue weighted by Gasteiger charge is 2.23. The third kappa shape index (κ3) is 5.16. The molecule has 2 aliphatic rings. The van der Waals surface area contributed by atoms with Crippen molar-refractivity contribution in [2.75, 3.05) is 42.9 Å². The fourth-order valence-electron chi connectivity index (χ4n) is 4.25. The first-order valence-corrected chi connectivity index (χ1v) is 12.5. The van der Waals surface area contributed by atoms with E-state index < -0.39 is 10.0 Å². The molecule has 172 valence electrons. The van der Waals surface area contributed by atoms with Crippen LogP contribution in [0.15, 0.2) is 47.4 Å². The summed E-state index contributed by atoms with van der Waals surface area (Å²) in [4.78, 5) is 15.1. The molecule has 32 heavy (non-hydrogen) atoms. The molecule has 1 aliphatic carbocycles. The van der Waals surface area contributed by atoms with Gasteiger partial charge in [-0.25, -0.2) is 8.42 Å². The summed E-state index contributed by atoms with van der Waals surface area (Å²) in [5.41, 5.74) is 1.60. The lowest BCUT2D eigenvalue weighted by Gasteiger charge is -2.31. The standard InChI is InChI=1S/C23H30N4O4S/c1-31-19-7-4-8-20(16-19)32(29,30)26-21-15-17(23(28)25-18-5-2-3-6-18)9-10-22(21)27-13-11-24-12-14-27/h4,7-10,15-16,18,24,26H,2-3,5-6,11-14H2,1H3,(H,25,28). The van der Waals surface area contributed by atoms with Crippen molar-refractivity contribution < 1.29 is 17.9 Å². The molecule has 0 spiro atoms. The van der Waals surface area contributed by atoms with Crippen LogP contribution in [0.1, 0.15) is 36.0 Å². The van der Waals surface area contributed by atoms with Crippen molar-refractivity contribution in [1.29, 1.82) is 0 Å². The molecule has 3 N–H and O–H groups in total. The number of hydrogen-bond donors (Lipinski definition) is 3. The normalized spacial score (nSPS) is 17.2. The fourth-order valence-corrected chi connectivity index (χ4v) is 5.35. The lowest BCUT2D eigenvalue weighted by atomic mass is 10.1. The maximum Gasteiger partial charge on any atom is 0.262 e. The van der Waals surface area contributed by atoms with Gasteiger partial charge in [0.15, 0.2) is 0 Å². The zero-order chi connectivity index (χ0) is 22.6. The topological polar surface area (TPSA) is 99.8 Å². The minimum absolute atomic E-state index is 0.101. The molecule has 1 aliphatic heterocycles. The van der Waals surface area contributed by atoms with Gasteiger partial charge in [0.05, 0.1) is 23.4 Å². The van der Waals surface area contributed by atoms with Crippen LogP contribution in [-0.2, 0) is 10.0 Å². The second kappa shape index (κ2) is 9.79. The number of benzene rings is 2. The predicted octanol–water partition coefficient (Wildman–Crippen LogP) is 2.58. The van der Waals surface area contributed by atoms with Crippen LogP contribution in [0.3, 0.4) is 0 Å². The number of amides is 1. The summed E-state index contributed by atoms with van der Waals surface area (Å²) in [5.74, 6) is 0.283. The molecule has 2 fully saturated rings. The first-order chi connectivity index (χ1) is 15.5. The van der Waals surface area contributed by atoms with E-state index in [1.54, 1.807) is 24.3 Å². The van der Waals surface area contributed by atoms with Crippen LogP contribution >= 0.6 is 0 Å². The highest BCUT2D eigenvalue weighted by molar-refractivity contribution is 7.92. The maximum absolute atomic E-state index is 13.2. The summed E-state index contributed by atoms with van der Waals surface area (Å²) in [5, 5.41) is 6.38. The Hall–Kier alpha value is -2.78. The predicted molar refractivity (Wildman–Crippen MR) is 125 cm³/mol. The smallest absolute Gasteiger partial charge is 0.262 e.